The molecule has 0 heterocycles. The van der Waals surface area contributed by atoms with Crippen molar-refractivity contribution in [3.05, 3.63) is 128 Å². The van der Waals surface area contributed by atoms with Crippen LogP contribution in [0.5, 0.6) is 0 Å². The van der Waals surface area contributed by atoms with Crippen molar-refractivity contribution in [3.8, 4) is 0 Å². The van der Waals surface area contributed by atoms with Crippen LogP contribution in [0.1, 0.15) is 12.5 Å². The topological polar surface area (TPSA) is 0 Å². The van der Waals surface area contributed by atoms with Gasteiger partial charge in [0.15, 0.2) is 0 Å². The SMILES string of the molecule is C=CC(C=C)=CC(=C)C.C=Cc1ccccc1.c1ccccc1. The van der Waals surface area contributed by atoms with E-state index in [0.717, 1.165) is 11.1 Å². The van der Waals surface area contributed by atoms with Gasteiger partial charge in [0.25, 0.3) is 0 Å². The second kappa shape index (κ2) is 14.1. The third-order valence-electron chi connectivity index (χ3n) is 2.59. The quantitative estimate of drug-likeness (QED) is 0.540. The lowest BCUT2D eigenvalue weighted by molar-refractivity contribution is 1.52. The van der Waals surface area contributed by atoms with Gasteiger partial charge in [-0.1, -0.05) is 123 Å². The number of allylic oxidation sites excluding steroid dienone is 5. The monoisotopic (exact) mass is 302 g/mol. The summed E-state index contributed by atoms with van der Waals surface area (Å²) in [6.07, 6.45) is 7.27. The lowest BCUT2D eigenvalue weighted by atomic mass is 10.2. The first-order chi connectivity index (χ1) is 11.1. The van der Waals surface area contributed by atoms with E-state index in [1.165, 1.54) is 5.56 Å². The zero-order chi connectivity index (χ0) is 17.3. The molecular formula is C23H26. The average molecular weight is 302 g/mol. The molecule has 2 aromatic carbocycles. The van der Waals surface area contributed by atoms with Crippen molar-refractivity contribution in [2.45, 2.75) is 6.92 Å². The van der Waals surface area contributed by atoms with Crippen LogP contribution in [-0.4, -0.2) is 0 Å². The molecule has 118 valence electrons. The molecule has 0 amide bonds. The summed E-state index contributed by atoms with van der Waals surface area (Å²) in [5, 5.41) is 0. The van der Waals surface area contributed by atoms with Crippen LogP contribution in [-0.2, 0) is 0 Å². The molecule has 2 aromatic rings. The standard InChI is InChI=1S/C9H12.C8H8.C6H6/c1-5-9(6-2)7-8(3)4;1-2-8-6-4-3-5-7-8;1-2-4-6-5-3-1/h5-7H,1-3H2,4H3;2-7H,1H2;1-6H. The maximum Gasteiger partial charge on any atom is -0.0263 e. The highest BCUT2D eigenvalue weighted by molar-refractivity contribution is 5.45. The fourth-order valence-corrected chi connectivity index (χ4v) is 1.46. The van der Waals surface area contributed by atoms with E-state index in [4.69, 9.17) is 0 Å². The molecule has 2 rings (SSSR count). The minimum atomic E-state index is 1.02. The molecule has 0 unspecified atom stereocenters. The fraction of sp³-hybridized carbons (Fsp3) is 0.0435. The lowest BCUT2D eigenvalue weighted by Gasteiger charge is -1.89. The minimum Gasteiger partial charge on any atom is -0.0985 e. The Labute approximate surface area is 141 Å². The molecule has 0 aliphatic rings. The van der Waals surface area contributed by atoms with Crippen molar-refractivity contribution in [1.29, 1.82) is 0 Å². The second-order valence-electron chi connectivity index (χ2n) is 4.67. The molecule has 0 aliphatic heterocycles. The molecule has 0 radical (unpaired) electrons. The average Bonchev–Trinajstić information content (AvgIpc) is 2.62. The predicted octanol–water partition coefficient (Wildman–Crippen LogP) is 6.88. The normalized spacial score (nSPS) is 8.04. The number of rotatable bonds is 4. The number of hydrogen-bond acceptors (Lipinski definition) is 0. The Hall–Kier alpha value is -2.86. The third-order valence-corrected chi connectivity index (χ3v) is 2.59. The van der Waals surface area contributed by atoms with Gasteiger partial charge in [0.05, 0.1) is 0 Å². The molecule has 0 aromatic heterocycles. The highest BCUT2D eigenvalue weighted by Crippen LogP contribution is 2.00. The van der Waals surface area contributed by atoms with Gasteiger partial charge in [-0.25, -0.2) is 0 Å². The van der Waals surface area contributed by atoms with Gasteiger partial charge in [0, 0.05) is 0 Å². The molecule has 23 heavy (non-hydrogen) atoms. The van der Waals surface area contributed by atoms with Gasteiger partial charge < -0.3 is 0 Å². The summed E-state index contributed by atoms with van der Waals surface area (Å²) >= 11 is 0. The summed E-state index contributed by atoms with van der Waals surface area (Å²) in [6, 6.07) is 22.0. The van der Waals surface area contributed by atoms with Crippen LogP contribution in [0.3, 0.4) is 0 Å². The van der Waals surface area contributed by atoms with Gasteiger partial charge >= 0.3 is 0 Å². The first kappa shape index (κ1) is 20.1. The number of benzene rings is 2. The summed E-state index contributed by atoms with van der Waals surface area (Å²) in [4.78, 5) is 0. The maximum atomic E-state index is 3.72. The van der Waals surface area contributed by atoms with Gasteiger partial charge in [0.1, 0.15) is 0 Å². The van der Waals surface area contributed by atoms with E-state index < -0.39 is 0 Å². The summed E-state index contributed by atoms with van der Waals surface area (Å²) in [6.45, 7) is 16.5. The van der Waals surface area contributed by atoms with Crippen LogP contribution in [0.15, 0.2) is 122 Å². The summed E-state index contributed by atoms with van der Waals surface area (Å²) in [7, 11) is 0. The fourth-order valence-electron chi connectivity index (χ4n) is 1.46. The predicted molar refractivity (Wildman–Crippen MR) is 106 cm³/mol. The van der Waals surface area contributed by atoms with Crippen LogP contribution in [0.25, 0.3) is 6.08 Å². The van der Waals surface area contributed by atoms with Crippen molar-refractivity contribution in [3.63, 3.8) is 0 Å². The zero-order valence-electron chi connectivity index (χ0n) is 14.0. The summed E-state index contributed by atoms with van der Waals surface area (Å²) in [5.74, 6) is 0. The van der Waals surface area contributed by atoms with E-state index in [1.807, 2.05) is 85.8 Å². The molecule has 0 heteroatoms. The smallest absolute Gasteiger partial charge is 0.0263 e. The molecule has 0 fully saturated rings. The minimum absolute atomic E-state index is 1.02. The Morgan fingerprint density at radius 3 is 1.35 bits per heavy atom. The van der Waals surface area contributed by atoms with Crippen molar-refractivity contribution < 1.29 is 0 Å². The highest BCUT2D eigenvalue weighted by atomic mass is 13.9. The van der Waals surface area contributed by atoms with Gasteiger partial charge in [-0.05, 0) is 18.1 Å². The van der Waals surface area contributed by atoms with Crippen LogP contribution in [0.2, 0.25) is 0 Å². The van der Waals surface area contributed by atoms with E-state index in [-0.39, 0.29) is 0 Å². The molecule has 0 aliphatic carbocycles. The van der Waals surface area contributed by atoms with Crippen LogP contribution >= 0.6 is 0 Å². The van der Waals surface area contributed by atoms with E-state index in [9.17, 15) is 0 Å². The highest BCUT2D eigenvalue weighted by Gasteiger charge is 1.80. The number of hydrogen-bond donors (Lipinski definition) is 0. The van der Waals surface area contributed by atoms with Gasteiger partial charge in [0.2, 0.25) is 0 Å². The molecular weight excluding hydrogens is 276 g/mol. The zero-order valence-corrected chi connectivity index (χ0v) is 14.0. The van der Waals surface area contributed by atoms with Crippen molar-refractivity contribution in [2.75, 3.05) is 0 Å². The summed E-state index contributed by atoms with van der Waals surface area (Å²) < 4.78 is 0. The largest absolute Gasteiger partial charge is 0.0985 e. The Kier molecular flexibility index (Phi) is 12.3. The third kappa shape index (κ3) is 12.6. The second-order valence-corrected chi connectivity index (χ2v) is 4.67. The molecule has 0 nitrogen and oxygen atoms in total. The summed E-state index contributed by atoms with van der Waals surface area (Å²) in [5.41, 5.74) is 3.21. The van der Waals surface area contributed by atoms with E-state index >= 15 is 0 Å². The molecule has 0 atom stereocenters. The van der Waals surface area contributed by atoms with Gasteiger partial charge in [-0.3, -0.25) is 0 Å². The lowest BCUT2D eigenvalue weighted by Crippen LogP contribution is -1.69. The molecule has 0 bridgehead atoms. The first-order valence-corrected chi connectivity index (χ1v) is 7.43. The Bertz CT molecular complexity index is 564. The Balaban J connectivity index is 0.000000321. The van der Waals surface area contributed by atoms with Crippen LogP contribution < -0.4 is 0 Å². The maximum absolute atomic E-state index is 3.72. The Morgan fingerprint density at radius 1 is 0.739 bits per heavy atom. The van der Waals surface area contributed by atoms with Crippen molar-refractivity contribution in [2.24, 2.45) is 0 Å². The molecule has 0 saturated heterocycles. The van der Waals surface area contributed by atoms with E-state index in [0.29, 0.717) is 0 Å². The van der Waals surface area contributed by atoms with E-state index in [1.54, 1.807) is 12.2 Å². The molecule has 0 N–H and O–H groups in total. The van der Waals surface area contributed by atoms with Crippen molar-refractivity contribution >= 4 is 6.08 Å². The van der Waals surface area contributed by atoms with Crippen molar-refractivity contribution in [1.82, 2.24) is 0 Å². The van der Waals surface area contributed by atoms with Gasteiger partial charge in [-0.2, -0.15) is 0 Å². The van der Waals surface area contributed by atoms with Gasteiger partial charge in [-0.15, -0.1) is 0 Å². The van der Waals surface area contributed by atoms with E-state index in [2.05, 4.69) is 26.3 Å². The molecule has 0 spiro atoms. The van der Waals surface area contributed by atoms with Crippen LogP contribution in [0.4, 0.5) is 0 Å². The Morgan fingerprint density at radius 2 is 1.13 bits per heavy atom. The molecule has 0 saturated carbocycles. The first-order valence-electron chi connectivity index (χ1n) is 7.43. The van der Waals surface area contributed by atoms with Crippen LogP contribution in [0, 0.1) is 0 Å².